The first-order valence-electron chi connectivity index (χ1n) is 10.7. The van der Waals surface area contributed by atoms with Gasteiger partial charge in [0.1, 0.15) is 12.4 Å². The van der Waals surface area contributed by atoms with Crippen LogP contribution in [-0.2, 0) is 11.3 Å². The number of nitrogens with one attached hydrogen (secondary N) is 1. The van der Waals surface area contributed by atoms with Crippen LogP contribution in [0.25, 0.3) is 11.0 Å². The lowest BCUT2D eigenvalue weighted by molar-refractivity contribution is -0.135. The first-order chi connectivity index (χ1) is 14.9. The fourth-order valence-corrected chi connectivity index (χ4v) is 4.50. The Kier molecular flexibility index (Phi) is 6.41. The molecule has 2 amide bonds. The van der Waals surface area contributed by atoms with Gasteiger partial charge in [0.05, 0.1) is 17.1 Å². The molecule has 0 aliphatic carbocycles. The second kappa shape index (κ2) is 9.22. The maximum Gasteiger partial charge on any atom is 0.251 e. The molecule has 4 rings (SSSR count). The number of hydrogen-bond donors (Lipinski definition) is 1. The van der Waals surface area contributed by atoms with E-state index in [0.29, 0.717) is 11.4 Å². The Labute approximate surface area is 190 Å². The van der Waals surface area contributed by atoms with Crippen LogP contribution in [0.5, 0.6) is 0 Å². The van der Waals surface area contributed by atoms with E-state index in [-0.39, 0.29) is 30.4 Å². The Morgan fingerprint density at radius 3 is 2.65 bits per heavy atom. The van der Waals surface area contributed by atoms with Crippen molar-refractivity contribution in [2.75, 3.05) is 6.54 Å². The molecule has 2 aromatic carbocycles. The number of piperidine rings is 1. The highest BCUT2D eigenvalue weighted by molar-refractivity contribution is 9.10. The molecule has 2 unspecified atom stereocenters. The molecule has 1 fully saturated rings. The minimum absolute atomic E-state index is 0.100. The largest absolute Gasteiger partial charge is 0.342 e. The van der Waals surface area contributed by atoms with Crippen LogP contribution < -0.4 is 5.32 Å². The monoisotopic (exact) mass is 482 g/mol. The first kappa shape index (κ1) is 21.6. The molecule has 1 aromatic heterocycles. The predicted molar refractivity (Wildman–Crippen MR) is 125 cm³/mol. The summed E-state index contributed by atoms with van der Waals surface area (Å²) < 4.78 is 2.87. The maximum absolute atomic E-state index is 13.2. The van der Waals surface area contributed by atoms with Crippen LogP contribution in [0.15, 0.2) is 53.0 Å². The number of rotatable bonds is 5. The number of likely N-dealkylation sites (tertiary alicyclic amines) is 1. The summed E-state index contributed by atoms with van der Waals surface area (Å²) in [5.74, 6) is 0.613. The van der Waals surface area contributed by atoms with Crippen LogP contribution in [-0.4, -0.2) is 38.9 Å². The van der Waals surface area contributed by atoms with Gasteiger partial charge in [-0.1, -0.05) is 28.1 Å². The molecular formula is C24H27BrN4O2. The third-order valence-corrected chi connectivity index (χ3v) is 6.47. The zero-order chi connectivity index (χ0) is 22.0. The first-order valence-corrected chi connectivity index (χ1v) is 11.5. The molecule has 6 nitrogen and oxygen atoms in total. The highest BCUT2D eigenvalue weighted by Crippen LogP contribution is 2.23. The molecule has 0 radical (unpaired) electrons. The molecule has 1 saturated heterocycles. The van der Waals surface area contributed by atoms with Gasteiger partial charge in [-0.05, 0) is 69.5 Å². The minimum atomic E-state index is -0.352. The number of benzene rings is 2. The zero-order valence-corrected chi connectivity index (χ0v) is 19.4. The minimum Gasteiger partial charge on any atom is -0.342 e. The van der Waals surface area contributed by atoms with Crippen molar-refractivity contribution in [3.8, 4) is 0 Å². The fraction of sp³-hybridized carbons (Fsp3) is 0.375. The number of carbonyl (C=O) groups excluding carboxylic acids is 2. The molecule has 1 aliphatic rings. The van der Waals surface area contributed by atoms with E-state index in [0.717, 1.165) is 34.9 Å². The van der Waals surface area contributed by atoms with Gasteiger partial charge in [-0.2, -0.15) is 0 Å². The van der Waals surface area contributed by atoms with Crippen molar-refractivity contribution in [1.29, 1.82) is 0 Å². The molecule has 0 saturated carbocycles. The molecule has 1 aliphatic heterocycles. The average Bonchev–Trinajstić information content (AvgIpc) is 3.13. The highest BCUT2D eigenvalue weighted by atomic mass is 79.9. The van der Waals surface area contributed by atoms with E-state index in [9.17, 15) is 9.59 Å². The fourth-order valence-electron chi connectivity index (χ4n) is 4.23. The molecule has 2 atom stereocenters. The molecule has 0 bridgehead atoms. The van der Waals surface area contributed by atoms with Crippen molar-refractivity contribution in [2.24, 2.45) is 0 Å². The Morgan fingerprint density at radius 1 is 1.16 bits per heavy atom. The predicted octanol–water partition coefficient (Wildman–Crippen LogP) is 4.69. The summed E-state index contributed by atoms with van der Waals surface area (Å²) in [6.07, 6.45) is 3.26. The maximum atomic E-state index is 13.2. The molecule has 7 heteroatoms. The summed E-state index contributed by atoms with van der Waals surface area (Å²) in [6.45, 7) is 5.05. The van der Waals surface area contributed by atoms with Crippen LogP contribution in [0.4, 0.5) is 0 Å². The van der Waals surface area contributed by atoms with E-state index in [4.69, 9.17) is 4.98 Å². The summed E-state index contributed by atoms with van der Waals surface area (Å²) in [6, 6.07) is 14.9. The lowest BCUT2D eigenvalue weighted by Gasteiger charge is -2.33. The Balaban J connectivity index is 1.60. The highest BCUT2D eigenvalue weighted by Gasteiger charge is 2.26. The number of carbonyl (C=O) groups is 2. The Bertz CT molecular complexity index is 1090. The number of halogens is 1. The van der Waals surface area contributed by atoms with Crippen LogP contribution >= 0.6 is 15.9 Å². The number of hydrogen-bond acceptors (Lipinski definition) is 3. The third-order valence-electron chi connectivity index (χ3n) is 5.94. The van der Waals surface area contributed by atoms with Crippen molar-refractivity contribution in [2.45, 2.75) is 51.7 Å². The standard InChI is InChI=1S/C24H27BrN4O2/c1-16-7-5-6-14-28(16)22(30)15-29-21-9-4-3-8-20(21)27-23(29)17(2)26-24(31)18-10-12-19(25)13-11-18/h3-4,8-13,16-17H,5-7,14-15H2,1-2H3,(H,26,31). The van der Waals surface area contributed by atoms with E-state index in [1.807, 2.05) is 52.8 Å². The lowest BCUT2D eigenvalue weighted by Crippen LogP contribution is -2.44. The number of para-hydroxylation sites is 2. The van der Waals surface area contributed by atoms with Gasteiger partial charge in [0.2, 0.25) is 5.91 Å². The van der Waals surface area contributed by atoms with Gasteiger partial charge in [0, 0.05) is 22.6 Å². The summed E-state index contributed by atoms with van der Waals surface area (Å²) in [5.41, 5.74) is 2.30. The molecule has 3 aromatic rings. The van der Waals surface area contributed by atoms with Gasteiger partial charge in [0.25, 0.3) is 5.91 Å². The van der Waals surface area contributed by atoms with Gasteiger partial charge in [0.15, 0.2) is 0 Å². The van der Waals surface area contributed by atoms with Gasteiger partial charge in [-0.25, -0.2) is 4.98 Å². The Hall–Kier alpha value is -2.67. The van der Waals surface area contributed by atoms with Gasteiger partial charge in [-0.15, -0.1) is 0 Å². The summed E-state index contributed by atoms with van der Waals surface area (Å²) in [7, 11) is 0. The van der Waals surface area contributed by atoms with Crippen LogP contribution in [0.1, 0.15) is 55.3 Å². The SMILES string of the molecule is CC(NC(=O)c1ccc(Br)cc1)c1nc2ccccc2n1CC(=O)N1CCCCC1C. The van der Waals surface area contributed by atoms with Crippen molar-refractivity contribution >= 4 is 38.8 Å². The van der Waals surface area contributed by atoms with E-state index in [2.05, 4.69) is 28.2 Å². The van der Waals surface area contributed by atoms with Crippen molar-refractivity contribution in [1.82, 2.24) is 19.8 Å². The topological polar surface area (TPSA) is 67.2 Å². The summed E-state index contributed by atoms with van der Waals surface area (Å²) in [4.78, 5) is 32.6. The quantitative estimate of drug-likeness (QED) is 0.573. The second-order valence-corrected chi connectivity index (χ2v) is 9.09. The second-order valence-electron chi connectivity index (χ2n) is 8.18. The van der Waals surface area contributed by atoms with E-state index in [1.54, 1.807) is 12.1 Å². The number of imidazole rings is 1. The average molecular weight is 483 g/mol. The molecule has 31 heavy (non-hydrogen) atoms. The lowest BCUT2D eigenvalue weighted by atomic mass is 10.0. The normalized spacial score (nSPS) is 17.5. The van der Waals surface area contributed by atoms with Crippen molar-refractivity contribution in [3.05, 3.63) is 64.4 Å². The molecule has 1 N–H and O–H groups in total. The number of amides is 2. The van der Waals surface area contributed by atoms with Crippen LogP contribution in [0, 0.1) is 0 Å². The van der Waals surface area contributed by atoms with Gasteiger partial charge >= 0.3 is 0 Å². The molecule has 162 valence electrons. The van der Waals surface area contributed by atoms with E-state index >= 15 is 0 Å². The summed E-state index contributed by atoms with van der Waals surface area (Å²) >= 11 is 3.39. The molecular weight excluding hydrogens is 456 g/mol. The van der Waals surface area contributed by atoms with Gasteiger partial charge < -0.3 is 14.8 Å². The third kappa shape index (κ3) is 4.66. The van der Waals surface area contributed by atoms with Crippen molar-refractivity contribution in [3.63, 3.8) is 0 Å². The number of nitrogens with zero attached hydrogens (tertiary/aromatic N) is 3. The van der Waals surface area contributed by atoms with Crippen LogP contribution in [0.3, 0.4) is 0 Å². The number of fused-ring (bicyclic) bond motifs is 1. The van der Waals surface area contributed by atoms with E-state index < -0.39 is 0 Å². The van der Waals surface area contributed by atoms with E-state index in [1.165, 1.54) is 6.42 Å². The summed E-state index contributed by atoms with van der Waals surface area (Å²) in [5, 5.41) is 3.03. The van der Waals surface area contributed by atoms with Gasteiger partial charge in [-0.3, -0.25) is 9.59 Å². The zero-order valence-electron chi connectivity index (χ0n) is 17.8. The molecule has 0 spiro atoms. The smallest absolute Gasteiger partial charge is 0.251 e. The Morgan fingerprint density at radius 2 is 1.90 bits per heavy atom. The molecule has 2 heterocycles. The van der Waals surface area contributed by atoms with Crippen molar-refractivity contribution < 1.29 is 9.59 Å². The van der Waals surface area contributed by atoms with Crippen LogP contribution in [0.2, 0.25) is 0 Å². The number of aromatic nitrogens is 2.